The van der Waals surface area contributed by atoms with Crippen LogP contribution in [0.15, 0.2) is 67.1 Å². The lowest BCUT2D eigenvalue weighted by molar-refractivity contribution is 0.414. The quantitative estimate of drug-likeness (QED) is 0.382. The van der Waals surface area contributed by atoms with Gasteiger partial charge in [-0.25, -0.2) is 4.98 Å². The predicted molar refractivity (Wildman–Crippen MR) is 134 cm³/mol. The van der Waals surface area contributed by atoms with E-state index in [1.807, 2.05) is 60.5 Å². The molecule has 0 aliphatic heterocycles. The number of hydrogen-bond acceptors (Lipinski definition) is 6. The summed E-state index contributed by atoms with van der Waals surface area (Å²) in [4.78, 5) is 9.31. The van der Waals surface area contributed by atoms with Gasteiger partial charge in [0.2, 0.25) is 0 Å². The second kappa shape index (κ2) is 8.97. The number of fused-ring (bicyclic) bond motifs is 1. The van der Waals surface area contributed by atoms with E-state index in [1.54, 1.807) is 18.0 Å². The first kappa shape index (κ1) is 21.6. The molecule has 5 rings (SSSR count). The zero-order chi connectivity index (χ0) is 23.7. The maximum Gasteiger partial charge on any atom is 0.137 e. The number of rotatable bonds is 7. The molecule has 0 aliphatic carbocycles. The molecule has 172 valence electrons. The predicted octanol–water partition coefficient (Wildman–Crippen LogP) is 4.77. The van der Waals surface area contributed by atoms with Gasteiger partial charge in [0.05, 0.1) is 35.9 Å². The van der Waals surface area contributed by atoms with Crippen LogP contribution in [0, 0.1) is 0 Å². The third-order valence-electron chi connectivity index (χ3n) is 5.59. The standard InChI is InChI=1S/C26H27N7O/c1-17(2)29-26-24-23(10-13-28-26)33(16-18-5-7-20(34-4)8-6-18)31-25(24)22-15-19(9-12-27-22)21-11-14-32(3)30-21/h5-15,17H,16H2,1-4H3,(H,28,29). The number of benzene rings is 1. The number of pyridine rings is 2. The first-order valence-corrected chi connectivity index (χ1v) is 11.2. The molecule has 8 heteroatoms. The second-order valence-corrected chi connectivity index (χ2v) is 8.51. The molecule has 0 fully saturated rings. The molecular weight excluding hydrogens is 426 g/mol. The minimum Gasteiger partial charge on any atom is -0.497 e. The molecule has 34 heavy (non-hydrogen) atoms. The summed E-state index contributed by atoms with van der Waals surface area (Å²) < 4.78 is 9.10. The summed E-state index contributed by atoms with van der Waals surface area (Å²) >= 11 is 0. The SMILES string of the molecule is COc1ccc(Cn2nc(-c3cc(-c4ccn(C)n4)ccn3)c3c(NC(C)C)nccc32)cc1. The van der Waals surface area contributed by atoms with Crippen LogP contribution in [0.3, 0.4) is 0 Å². The molecule has 0 atom stereocenters. The number of aryl methyl sites for hydroxylation is 1. The van der Waals surface area contributed by atoms with Gasteiger partial charge in [-0.1, -0.05) is 12.1 Å². The normalized spacial score (nSPS) is 11.3. The van der Waals surface area contributed by atoms with E-state index in [0.717, 1.165) is 50.7 Å². The zero-order valence-corrected chi connectivity index (χ0v) is 19.7. The lowest BCUT2D eigenvalue weighted by Crippen LogP contribution is -2.11. The van der Waals surface area contributed by atoms with Gasteiger partial charge in [-0.3, -0.25) is 14.3 Å². The summed E-state index contributed by atoms with van der Waals surface area (Å²) in [6.07, 6.45) is 5.56. The summed E-state index contributed by atoms with van der Waals surface area (Å²) in [6.45, 7) is 4.81. The average Bonchev–Trinajstić information content (AvgIpc) is 3.44. The van der Waals surface area contributed by atoms with Gasteiger partial charge in [-0.05, 0) is 55.8 Å². The van der Waals surface area contributed by atoms with Crippen molar-refractivity contribution in [1.29, 1.82) is 0 Å². The topological polar surface area (TPSA) is 82.7 Å². The van der Waals surface area contributed by atoms with Gasteiger partial charge < -0.3 is 10.1 Å². The largest absolute Gasteiger partial charge is 0.497 e. The Kier molecular flexibility index (Phi) is 5.71. The fourth-order valence-corrected chi connectivity index (χ4v) is 4.00. The van der Waals surface area contributed by atoms with E-state index in [4.69, 9.17) is 9.84 Å². The summed E-state index contributed by atoms with van der Waals surface area (Å²) in [5, 5.41) is 14.0. The lowest BCUT2D eigenvalue weighted by atomic mass is 10.1. The van der Waals surface area contributed by atoms with Crippen molar-refractivity contribution in [3.63, 3.8) is 0 Å². The van der Waals surface area contributed by atoms with Crippen molar-refractivity contribution in [2.45, 2.75) is 26.4 Å². The van der Waals surface area contributed by atoms with Gasteiger partial charge in [-0.15, -0.1) is 0 Å². The molecule has 0 spiro atoms. The summed E-state index contributed by atoms with van der Waals surface area (Å²) in [5.41, 5.74) is 5.58. The van der Waals surface area contributed by atoms with Crippen LogP contribution in [0.25, 0.3) is 33.5 Å². The molecule has 5 aromatic rings. The highest BCUT2D eigenvalue weighted by Crippen LogP contribution is 2.33. The molecule has 0 radical (unpaired) electrons. The Hall–Kier alpha value is -4.20. The molecule has 0 unspecified atom stereocenters. The zero-order valence-electron chi connectivity index (χ0n) is 19.7. The summed E-state index contributed by atoms with van der Waals surface area (Å²) in [5.74, 6) is 1.63. The summed E-state index contributed by atoms with van der Waals surface area (Å²) in [7, 11) is 3.58. The number of nitrogens with one attached hydrogen (secondary N) is 1. The number of nitrogens with zero attached hydrogens (tertiary/aromatic N) is 6. The number of ether oxygens (including phenoxy) is 1. The van der Waals surface area contributed by atoms with Crippen molar-refractivity contribution in [1.82, 2.24) is 29.5 Å². The Labute approximate surface area is 198 Å². The number of methoxy groups -OCH3 is 1. The Morgan fingerprint density at radius 1 is 0.941 bits per heavy atom. The van der Waals surface area contributed by atoms with Gasteiger partial charge in [-0.2, -0.15) is 10.2 Å². The van der Waals surface area contributed by atoms with Gasteiger partial charge >= 0.3 is 0 Å². The third-order valence-corrected chi connectivity index (χ3v) is 5.59. The maximum absolute atomic E-state index is 5.30. The van der Waals surface area contributed by atoms with E-state index in [0.29, 0.717) is 6.54 Å². The van der Waals surface area contributed by atoms with E-state index in [1.165, 1.54) is 0 Å². The van der Waals surface area contributed by atoms with E-state index >= 15 is 0 Å². The van der Waals surface area contributed by atoms with Crippen LogP contribution in [0.1, 0.15) is 19.4 Å². The number of hydrogen-bond donors (Lipinski definition) is 1. The Morgan fingerprint density at radius 3 is 2.44 bits per heavy atom. The number of aromatic nitrogens is 6. The molecule has 1 N–H and O–H groups in total. The van der Waals surface area contributed by atoms with E-state index in [9.17, 15) is 0 Å². The van der Waals surface area contributed by atoms with Crippen molar-refractivity contribution < 1.29 is 4.74 Å². The van der Waals surface area contributed by atoms with Crippen LogP contribution < -0.4 is 10.1 Å². The van der Waals surface area contributed by atoms with E-state index in [-0.39, 0.29) is 6.04 Å². The average molecular weight is 454 g/mol. The van der Waals surface area contributed by atoms with Crippen LogP contribution in [0.4, 0.5) is 5.82 Å². The lowest BCUT2D eigenvalue weighted by Gasteiger charge is -2.11. The molecule has 0 aliphatic rings. The Morgan fingerprint density at radius 2 is 1.74 bits per heavy atom. The number of anilines is 1. The van der Waals surface area contributed by atoms with Crippen molar-refractivity contribution in [2.24, 2.45) is 7.05 Å². The smallest absolute Gasteiger partial charge is 0.137 e. The fraction of sp³-hybridized carbons (Fsp3) is 0.231. The Bertz CT molecular complexity index is 1430. The monoisotopic (exact) mass is 453 g/mol. The molecule has 0 saturated heterocycles. The Balaban J connectivity index is 1.64. The van der Waals surface area contributed by atoms with Gasteiger partial charge in [0, 0.05) is 37.2 Å². The molecule has 0 saturated carbocycles. The highest BCUT2D eigenvalue weighted by molar-refractivity contribution is 6.00. The molecule has 4 heterocycles. The molecule has 0 bridgehead atoms. The molecule has 4 aromatic heterocycles. The van der Waals surface area contributed by atoms with Crippen molar-refractivity contribution in [3.8, 4) is 28.4 Å². The highest BCUT2D eigenvalue weighted by Gasteiger charge is 2.19. The first-order valence-electron chi connectivity index (χ1n) is 11.2. The summed E-state index contributed by atoms with van der Waals surface area (Å²) in [6, 6.07) is 16.3. The van der Waals surface area contributed by atoms with E-state index in [2.05, 4.69) is 46.4 Å². The molecule has 0 amide bonds. The van der Waals surface area contributed by atoms with Crippen molar-refractivity contribution in [3.05, 3.63) is 72.7 Å². The molecular formula is C26H27N7O. The second-order valence-electron chi connectivity index (χ2n) is 8.51. The van der Waals surface area contributed by atoms with Crippen molar-refractivity contribution in [2.75, 3.05) is 12.4 Å². The first-order chi connectivity index (χ1) is 16.5. The van der Waals surface area contributed by atoms with Gasteiger partial charge in [0.1, 0.15) is 17.3 Å². The van der Waals surface area contributed by atoms with Gasteiger partial charge in [0.15, 0.2) is 0 Å². The van der Waals surface area contributed by atoms with Crippen molar-refractivity contribution >= 4 is 16.7 Å². The van der Waals surface area contributed by atoms with Crippen LogP contribution in [0.5, 0.6) is 5.75 Å². The minimum atomic E-state index is 0.226. The van der Waals surface area contributed by atoms with Gasteiger partial charge in [0.25, 0.3) is 0 Å². The highest BCUT2D eigenvalue weighted by atomic mass is 16.5. The van der Waals surface area contributed by atoms with E-state index < -0.39 is 0 Å². The molecule has 8 nitrogen and oxygen atoms in total. The van der Waals surface area contributed by atoms with Crippen LogP contribution in [-0.4, -0.2) is 42.7 Å². The third kappa shape index (κ3) is 4.22. The fourth-order valence-electron chi connectivity index (χ4n) is 4.00. The van der Waals surface area contributed by atoms with Crippen LogP contribution in [0.2, 0.25) is 0 Å². The molecule has 1 aromatic carbocycles. The maximum atomic E-state index is 5.30. The minimum absolute atomic E-state index is 0.226. The van der Waals surface area contributed by atoms with Crippen LogP contribution >= 0.6 is 0 Å². The van der Waals surface area contributed by atoms with Crippen LogP contribution in [-0.2, 0) is 13.6 Å².